The minimum absolute atomic E-state index is 0.796. The van der Waals surface area contributed by atoms with E-state index in [0.717, 1.165) is 21.2 Å². The lowest BCUT2D eigenvalue weighted by atomic mass is 10.2. The predicted octanol–water partition coefficient (Wildman–Crippen LogP) is 6.38. The molecule has 0 unspecified atom stereocenters. The summed E-state index contributed by atoms with van der Waals surface area (Å²) in [4.78, 5) is 0. The zero-order valence-electron chi connectivity index (χ0n) is 13.1. The quantitative estimate of drug-likeness (QED) is 0.357. The van der Waals surface area contributed by atoms with Crippen LogP contribution in [0.5, 0.6) is 5.75 Å². The van der Waals surface area contributed by atoms with Crippen LogP contribution in [0.4, 0.5) is 0 Å². The summed E-state index contributed by atoms with van der Waals surface area (Å²) in [5.41, 5.74) is 3.66. The van der Waals surface area contributed by atoms with Gasteiger partial charge < -0.3 is 9.30 Å². The maximum Gasteiger partial charge on any atom is 0.119 e. The van der Waals surface area contributed by atoms with Crippen molar-refractivity contribution in [2.24, 2.45) is 0 Å². The molecule has 2 nitrogen and oxygen atoms in total. The number of hydrogen-bond acceptors (Lipinski definition) is 1. The Balaban J connectivity index is 1.97. The Labute approximate surface area is 157 Å². The monoisotopic (exact) mass is 443 g/mol. The second-order valence-electron chi connectivity index (χ2n) is 5.76. The van der Waals surface area contributed by atoms with Crippen molar-refractivity contribution in [1.29, 1.82) is 0 Å². The molecule has 0 aliphatic heterocycles. The third-order valence-corrected chi connectivity index (χ3v) is 5.25. The van der Waals surface area contributed by atoms with Crippen LogP contribution >= 0.6 is 31.9 Å². The summed E-state index contributed by atoms with van der Waals surface area (Å²) in [5.74, 6) is 0.885. The number of hydrogen-bond donors (Lipinski definition) is 0. The standard InChI is InChI=1S/C20H15Br2NO/c1-24-16-4-2-3-13(9-16)12-23-19-10-14(21)5-7-17(19)18-8-6-15(22)11-20(18)23/h2-11H,12H2,1H3. The molecule has 1 aromatic heterocycles. The molecule has 0 amide bonds. The molecule has 0 bridgehead atoms. The molecule has 4 rings (SSSR count). The smallest absolute Gasteiger partial charge is 0.119 e. The van der Waals surface area contributed by atoms with Crippen LogP contribution in [-0.4, -0.2) is 11.7 Å². The van der Waals surface area contributed by atoms with Crippen LogP contribution in [0.15, 0.2) is 69.6 Å². The molecule has 0 saturated carbocycles. The molecule has 4 aromatic rings. The van der Waals surface area contributed by atoms with Crippen molar-refractivity contribution in [2.75, 3.05) is 7.11 Å². The summed E-state index contributed by atoms with van der Waals surface area (Å²) in [6.07, 6.45) is 0. The molecule has 24 heavy (non-hydrogen) atoms. The third-order valence-electron chi connectivity index (χ3n) is 4.27. The van der Waals surface area contributed by atoms with Crippen LogP contribution in [0.3, 0.4) is 0 Å². The fourth-order valence-corrected chi connectivity index (χ4v) is 3.86. The van der Waals surface area contributed by atoms with Crippen LogP contribution in [0.25, 0.3) is 21.8 Å². The normalized spacial score (nSPS) is 11.3. The first-order valence-electron chi connectivity index (χ1n) is 7.65. The molecule has 3 aromatic carbocycles. The van der Waals surface area contributed by atoms with E-state index in [4.69, 9.17) is 4.74 Å². The van der Waals surface area contributed by atoms with E-state index < -0.39 is 0 Å². The highest BCUT2D eigenvalue weighted by atomic mass is 79.9. The Kier molecular flexibility index (Phi) is 4.10. The first-order chi connectivity index (χ1) is 11.7. The lowest BCUT2D eigenvalue weighted by Gasteiger charge is -2.09. The number of ether oxygens (including phenoxy) is 1. The molecule has 0 fully saturated rings. The maximum atomic E-state index is 5.36. The van der Waals surface area contributed by atoms with Gasteiger partial charge >= 0.3 is 0 Å². The molecule has 0 aliphatic carbocycles. The fraction of sp³-hybridized carbons (Fsp3) is 0.100. The van der Waals surface area contributed by atoms with Gasteiger partial charge in [-0.2, -0.15) is 0 Å². The van der Waals surface area contributed by atoms with Gasteiger partial charge in [0.2, 0.25) is 0 Å². The molecule has 1 heterocycles. The Morgan fingerprint density at radius 3 is 2.04 bits per heavy atom. The Bertz CT molecular complexity index is 993. The summed E-state index contributed by atoms with van der Waals surface area (Å²) in [7, 11) is 1.70. The van der Waals surface area contributed by atoms with E-state index in [0.29, 0.717) is 0 Å². The van der Waals surface area contributed by atoms with Crippen LogP contribution in [0.1, 0.15) is 5.56 Å². The van der Waals surface area contributed by atoms with Gasteiger partial charge in [0, 0.05) is 26.3 Å². The van der Waals surface area contributed by atoms with E-state index in [-0.39, 0.29) is 0 Å². The second kappa shape index (κ2) is 6.26. The van der Waals surface area contributed by atoms with Crippen molar-refractivity contribution < 1.29 is 4.74 Å². The van der Waals surface area contributed by atoms with Crippen molar-refractivity contribution in [1.82, 2.24) is 4.57 Å². The van der Waals surface area contributed by atoms with Crippen molar-refractivity contribution in [3.63, 3.8) is 0 Å². The van der Waals surface area contributed by atoms with Gasteiger partial charge in [-0.3, -0.25) is 0 Å². The van der Waals surface area contributed by atoms with Gasteiger partial charge in [-0.05, 0) is 42.0 Å². The lowest BCUT2D eigenvalue weighted by Crippen LogP contribution is -1.99. The molecule has 0 radical (unpaired) electrons. The third kappa shape index (κ3) is 2.74. The van der Waals surface area contributed by atoms with Crippen LogP contribution < -0.4 is 4.74 Å². The molecule has 0 spiro atoms. The molecule has 0 saturated heterocycles. The SMILES string of the molecule is COc1cccc(Cn2c3cc(Br)ccc3c3ccc(Br)cc32)c1. The van der Waals surface area contributed by atoms with Crippen molar-refractivity contribution in [3.8, 4) is 5.75 Å². The average molecular weight is 445 g/mol. The van der Waals surface area contributed by atoms with Gasteiger partial charge in [0.25, 0.3) is 0 Å². The summed E-state index contributed by atoms with van der Waals surface area (Å²) in [5, 5.41) is 2.53. The summed E-state index contributed by atoms with van der Waals surface area (Å²) >= 11 is 7.21. The van der Waals surface area contributed by atoms with Gasteiger partial charge in [0.05, 0.1) is 18.1 Å². The largest absolute Gasteiger partial charge is 0.497 e. The number of nitrogens with zero attached hydrogens (tertiary/aromatic N) is 1. The minimum Gasteiger partial charge on any atom is -0.497 e. The summed E-state index contributed by atoms with van der Waals surface area (Å²) in [6, 6.07) is 21.2. The van der Waals surface area contributed by atoms with Gasteiger partial charge in [-0.1, -0.05) is 56.1 Å². The highest BCUT2D eigenvalue weighted by Gasteiger charge is 2.12. The van der Waals surface area contributed by atoms with Gasteiger partial charge in [-0.25, -0.2) is 0 Å². The number of methoxy groups -OCH3 is 1. The number of benzene rings is 3. The lowest BCUT2D eigenvalue weighted by molar-refractivity contribution is 0.414. The number of halogens is 2. The zero-order chi connectivity index (χ0) is 16.7. The summed E-state index contributed by atoms with van der Waals surface area (Å²) in [6.45, 7) is 0.796. The Morgan fingerprint density at radius 2 is 1.46 bits per heavy atom. The van der Waals surface area contributed by atoms with Gasteiger partial charge in [0.15, 0.2) is 0 Å². The predicted molar refractivity (Wildman–Crippen MR) is 107 cm³/mol. The Hall–Kier alpha value is -1.78. The van der Waals surface area contributed by atoms with Gasteiger partial charge in [0.1, 0.15) is 5.75 Å². The van der Waals surface area contributed by atoms with E-state index >= 15 is 0 Å². The van der Waals surface area contributed by atoms with E-state index in [2.05, 4.69) is 85.0 Å². The topological polar surface area (TPSA) is 14.2 Å². The van der Waals surface area contributed by atoms with Gasteiger partial charge in [-0.15, -0.1) is 0 Å². The zero-order valence-corrected chi connectivity index (χ0v) is 16.3. The Morgan fingerprint density at radius 1 is 0.833 bits per heavy atom. The van der Waals surface area contributed by atoms with E-state index in [1.807, 2.05) is 12.1 Å². The first kappa shape index (κ1) is 15.7. The van der Waals surface area contributed by atoms with Crippen molar-refractivity contribution in [2.45, 2.75) is 6.54 Å². The van der Waals surface area contributed by atoms with Crippen LogP contribution in [0.2, 0.25) is 0 Å². The number of aromatic nitrogens is 1. The highest BCUT2D eigenvalue weighted by Crippen LogP contribution is 2.33. The maximum absolute atomic E-state index is 5.36. The van der Waals surface area contributed by atoms with Crippen LogP contribution in [-0.2, 0) is 6.54 Å². The van der Waals surface area contributed by atoms with E-state index in [1.54, 1.807) is 7.11 Å². The minimum atomic E-state index is 0.796. The van der Waals surface area contributed by atoms with Crippen LogP contribution in [0, 0.1) is 0 Å². The van der Waals surface area contributed by atoms with Crippen molar-refractivity contribution >= 4 is 53.7 Å². The molecular formula is C20H15Br2NO. The fourth-order valence-electron chi connectivity index (χ4n) is 3.17. The summed E-state index contributed by atoms with van der Waals surface area (Å²) < 4.78 is 9.89. The molecule has 0 N–H and O–H groups in total. The number of fused-ring (bicyclic) bond motifs is 3. The van der Waals surface area contributed by atoms with E-state index in [9.17, 15) is 0 Å². The molecule has 0 atom stereocenters. The number of rotatable bonds is 3. The highest BCUT2D eigenvalue weighted by molar-refractivity contribution is 9.10. The molecular weight excluding hydrogens is 430 g/mol. The van der Waals surface area contributed by atoms with E-state index in [1.165, 1.54) is 27.4 Å². The molecule has 120 valence electrons. The average Bonchev–Trinajstić information content (AvgIpc) is 2.88. The van der Waals surface area contributed by atoms with Crippen molar-refractivity contribution in [3.05, 3.63) is 75.2 Å². The molecule has 0 aliphatic rings. The second-order valence-corrected chi connectivity index (χ2v) is 7.59. The first-order valence-corrected chi connectivity index (χ1v) is 9.24. The molecule has 4 heteroatoms.